The lowest BCUT2D eigenvalue weighted by molar-refractivity contribution is 1.09. The third-order valence-corrected chi connectivity index (χ3v) is 8.61. The Kier molecular flexibility index (Phi) is 6.23. The lowest BCUT2D eigenvalue weighted by Crippen LogP contribution is -2.01. The number of fused-ring (bicyclic) bond motifs is 5. The molecule has 8 rings (SSSR count). The molecule has 0 aliphatic heterocycles. The van der Waals surface area contributed by atoms with Crippen LogP contribution in [0, 0.1) is 6.92 Å². The number of benzene rings is 5. The van der Waals surface area contributed by atoms with Crippen LogP contribution in [0.1, 0.15) is 18.2 Å². The normalized spacial score (nSPS) is 11.8. The molecule has 0 atom stereocenters. The topological polar surface area (TPSA) is 22.8 Å². The van der Waals surface area contributed by atoms with E-state index in [1.165, 1.54) is 44.0 Å². The predicted octanol–water partition coefficient (Wildman–Crippen LogP) is 10.8. The van der Waals surface area contributed by atoms with Gasteiger partial charge in [0.15, 0.2) is 0 Å². The van der Waals surface area contributed by atoms with E-state index in [0.717, 1.165) is 33.9 Å². The van der Waals surface area contributed by atoms with E-state index >= 15 is 0 Å². The first-order chi connectivity index (χ1) is 21.7. The van der Waals surface area contributed by atoms with Gasteiger partial charge in [-0.15, -0.1) is 0 Å². The molecule has 8 aromatic rings. The maximum Gasteiger partial charge on any atom is 0.0788 e. The zero-order valence-electron chi connectivity index (χ0n) is 24.8. The van der Waals surface area contributed by atoms with Crippen LogP contribution >= 0.6 is 0 Å². The van der Waals surface area contributed by atoms with Gasteiger partial charge in [-0.3, -0.25) is 0 Å². The fourth-order valence-corrected chi connectivity index (χ4v) is 6.62. The van der Waals surface area contributed by atoms with Gasteiger partial charge in [0.1, 0.15) is 0 Å². The molecule has 0 radical (unpaired) electrons. The molecule has 0 aliphatic carbocycles. The summed E-state index contributed by atoms with van der Waals surface area (Å²) >= 11 is 0. The van der Waals surface area contributed by atoms with Gasteiger partial charge in [0, 0.05) is 38.7 Å². The molecule has 0 saturated heterocycles. The molecule has 3 aromatic heterocycles. The molecule has 3 heterocycles. The second-order valence-corrected chi connectivity index (χ2v) is 11.2. The maximum atomic E-state index is 5.19. The molecule has 0 bridgehead atoms. The number of nitrogens with zero attached hydrogens (tertiary/aromatic N) is 3. The number of hydrogen-bond donors (Lipinski definition) is 0. The molecule has 44 heavy (non-hydrogen) atoms. The van der Waals surface area contributed by atoms with Gasteiger partial charge < -0.3 is 9.13 Å². The first-order valence-corrected chi connectivity index (χ1v) is 15.1. The van der Waals surface area contributed by atoms with E-state index in [-0.39, 0.29) is 0 Å². The molecular formula is C41H31N3. The van der Waals surface area contributed by atoms with E-state index in [9.17, 15) is 0 Å². The van der Waals surface area contributed by atoms with Gasteiger partial charge in [-0.05, 0) is 55.8 Å². The molecule has 5 aromatic carbocycles. The lowest BCUT2D eigenvalue weighted by Gasteiger charge is -2.15. The van der Waals surface area contributed by atoms with Crippen molar-refractivity contribution in [3.8, 4) is 33.9 Å². The number of pyridine rings is 1. The van der Waals surface area contributed by atoms with E-state index in [4.69, 9.17) is 4.98 Å². The van der Waals surface area contributed by atoms with E-state index in [2.05, 4.69) is 175 Å². The average molecular weight is 566 g/mol. The fraction of sp³-hybridized carbons (Fsp3) is 0.0488. The summed E-state index contributed by atoms with van der Waals surface area (Å²) in [5.74, 6) is 0. The highest BCUT2D eigenvalue weighted by atomic mass is 15.1. The summed E-state index contributed by atoms with van der Waals surface area (Å²) in [6, 6.07) is 49.5. The Labute approximate surface area is 257 Å². The third-order valence-electron chi connectivity index (χ3n) is 8.61. The van der Waals surface area contributed by atoms with Gasteiger partial charge in [-0.25, -0.2) is 4.98 Å². The summed E-state index contributed by atoms with van der Waals surface area (Å²) in [6.07, 6.45) is 4.36. The van der Waals surface area contributed by atoms with Crippen LogP contribution in [0.5, 0.6) is 0 Å². The molecule has 0 spiro atoms. The number of aryl methyl sites for hydroxylation is 1. The van der Waals surface area contributed by atoms with E-state index in [1.807, 2.05) is 0 Å². The highest BCUT2D eigenvalue weighted by Crippen LogP contribution is 2.41. The van der Waals surface area contributed by atoms with Gasteiger partial charge in [0.25, 0.3) is 0 Å². The van der Waals surface area contributed by atoms with Gasteiger partial charge in [0.05, 0.1) is 33.6 Å². The third kappa shape index (κ3) is 4.09. The molecule has 3 nitrogen and oxygen atoms in total. The quantitative estimate of drug-likeness (QED) is 0.203. The first-order valence-electron chi connectivity index (χ1n) is 15.1. The molecular weight excluding hydrogens is 534 g/mol. The van der Waals surface area contributed by atoms with E-state index < -0.39 is 0 Å². The number of hydrogen-bond acceptors (Lipinski definition) is 1. The number of aromatic nitrogens is 3. The van der Waals surface area contributed by atoms with Gasteiger partial charge >= 0.3 is 0 Å². The Balaban J connectivity index is 1.56. The Bertz CT molecular complexity index is 2270. The van der Waals surface area contributed by atoms with Crippen LogP contribution in [0.4, 0.5) is 0 Å². The molecule has 0 amide bonds. The van der Waals surface area contributed by atoms with Crippen LogP contribution in [-0.2, 0) is 0 Å². The zero-order chi connectivity index (χ0) is 29.6. The number of rotatable bonds is 5. The first kappa shape index (κ1) is 26.0. The molecule has 210 valence electrons. The molecule has 0 saturated carbocycles. The summed E-state index contributed by atoms with van der Waals surface area (Å²) < 4.78 is 4.88. The van der Waals surface area contributed by atoms with Crippen LogP contribution < -0.4 is 0 Å². The summed E-state index contributed by atoms with van der Waals surface area (Å²) in [5.41, 5.74) is 12.3. The van der Waals surface area contributed by atoms with Crippen molar-refractivity contribution in [3.63, 3.8) is 0 Å². The summed E-state index contributed by atoms with van der Waals surface area (Å²) in [7, 11) is 0. The standard InChI is InChI=1S/C41H31N3/c1-3-15-38-28(2)33-24-25-35-34-22-13-14-23-39(34)44(41(35)40(33)43(38)31-20-11-6-12-21-31)32-26-36(29-16-7-4-8-17-29)42-37(27-32)30-18-9-5-10-19-30/h3-27H,1-2H3. The van der Waals surface area contributed by atoms with Crippen molar-refractivity contribution in [1.82, 2.24) is 14.1 Å². The maximum absolute atomic E-state index is 5.19. The highest BCUT2D eigenvalue weighted by Gasteiger charge is 2.22. The van der Waals surface area contributed by atoms with Crippen molar-refractivity contribution in [2.24, 2.45) is 0 Å². The summed E-state index contributed by atoms with van der Waals surface area (Å²) in [4.78, 5) is 5.19. The van der Waals surface area contributed by atoms with Crippen molar-refractivity contribution < 1.29 is 0 Å². The van der Waals surface area contributed by atoms with Gasteiger partial charge in [0.2, 0.25) is 0 Å². The zero-order valence-corrected chi connectivity index (χ0v) is 24.8. The monoisotopic (exact) mass is 565 g/mol. The Morgan fingerprint density at radius 1 is 0.523 bits per heavy atom. The van der Waals surface area contributed by atoms with E-state index in [1.54, 1.807) is 0 Å². The van der Waals surface area contributed by atoms with Crippen molar-refractivity contribution >= 4 is 38.8 Å². The Morgan fingerprint density at radius 3 is 1.70 bits per heavy atom. The van der Waals surface area contributed by atoms with Crippen LogP contribution in [0.2, 0.25) is 0 Å². The molecule has 0 N–H and O–H groups in total. The van der Waals surface area contributed by atoms with Gasteiger partial charge in [-0.2, -0.15) is 0 Å². The van der Waals surface area contributed by atoms with Crippen molar-refractivity contribution in [1.29, 1.82) is 0 Å². The van der Waals surface area contributed by atoms with Crippen LogP contribution in [0.15, 0.2) is 146 Å². The van der Waals surface area contributed by atoms with Gasteiger partial charge in [-0.1, -0.05) is 115 Å². The minimum Gasteiger partial charge on any atom is -0.308 e. The minimum absolute atomic E-state index is 0.948. The largest absolute Gasteiger partial charge is 0.308 e. The van der Waals surface area contributed by atoms with Crippen LogP contribution in [0.25, 0.3) is 72.7 Å². The van der Waals surface area contributed by atoms with E-state index in [0.29, 0.717) is 0 Å². The van der Waals surface area contributed by atoms with Crippen LogP contribution in [-0.4, -0.2) is 14.1 Å². The smallest absolute Gasteiger partial charge is 0.0788 e. The lowest BCUT2D eigenvalue weighted by atomic mass is 10.1. The van der Waals surface area contributed by atoms with Crippen molar-refractivity contribution in [2.45, 2.75) is 13.8 Å². The molecule has 0 aliphatic rings. The number of para-hydroxylation sites is 2. The second-order valence-electron chi connectivity index (χ2n) is 11.2. The predicted molar refractivity (Wildman–Crippen MR) is 186 cm³/mol. The Morgan fingerprint density at radius 2 is 1.07 bits per heavy atom. The Hall–Kier alpha value is -5.67. The molecule has 0 fully saturated rings. The van der Waals surface area contributed by atoms with Crippen molar-refractivity contribution in [3.05, 3.63) is 157 Å². The highest BCUT2D eigenvalue weighted by molar-refractivity contribution is 6.19. The number of allylic oxidation sites excluding steroid dienone is 1. The summed E-state index contributed by atoms with van der Waals surface area (Å²) in [5, 5.41) is 3.71. The minimum atomic E-state index is 0.948. The summed E-state index contributed by atoms with van der Waals surface area (Å²) in [6.45, 7) is 4.33. The molecule has 0 unspecified atom stereocenters. The SMILES string of the molecule is CC=Cc1c(C)c2ccc3c4ccccc4n(-c4cc(-c5ccccc5)nc(-c5ccccc5)c4)c3c2n1-c1ccccc1. The average Bonchev–Trinajstić information content (AvgIpc) is 3.58. The molecule has 3 heteroatoms. The second kappa shape index (κ2) is 10.6. The fourth-order valence-electron chi connectivity index (χ4n) is 6.62. The van der Waals surface area contributed by atoms with Crippen molar-refractivity contribution in [2.75, 3.05) is 0 Å². The van der Waals surface area contributed by atoms with Crippen LogP contribution in [0.3, 0.4) is 0 Å².